The fourth-order valence-corrected chi connectivity index (χ4v) is 4.29. The zero-order valence-electron chi connectivity index (χ0n) is 12.9. The lowest BCUT2D eigenvalue weighted by Gasteiger charge is -2.40. The molecule has 3 fully saturated rings. The lowest BCUT2D eigenvalue weighted by molar-refractivity contribution is -0.141. The minimum atomic E-state index is -0.153. The number of methoxy groups -OCH3 is 1. The first kappa shape index (κ1) is 14.3. The van der Waals surface area contributed by atoms with Crippen LogP contribution >= 0.6 is 0 Å². The largest absolute Gasteiger partial charge is 0.377 e. The van der Waals surface area contributed by atoms with E-state index in [-0.39, 0.29) is 11.6 Å². The van der Waals surface area contributed by atoms with Gasteiger partial charge in [-0.25, -0.2) is 0 Å². The highest BCUT2D eigenvalue weighted by atomic mass is 16.5. The van der Waals surface area contributed by atoms with E-state index in [1.165, 1.54) is 25.7 Å². The lowest BCUT2D eigenvalue weighted by Crippen LogP contribution is -2.54. The maximum Gasteiger partial charge on any atom is 0.239 e. The van der Waals surface area contributed by atoms with Crippen molar-refractivity contribution in [3.05, 3.63) is 0 Å². The molecule has 0 aromatic rings. The predicted octanol–water partition coefficient (Wildman–Crippen LogP) is 1.93. The van der Waals surface area contributed by atoms with E-state index in [1.807, 2.05) is 4.90 Å². The minimum Gasteiger partial charge on any atom is -0.377 e. The van der Waals surface area contributed by atoms with Gasteiger partial charge in [-0.1, -0.05) is 12.8 Å². The molecule has 0 radical (unpaired) electrons. The standard InChI is InChI=1S/C16H28N2O2/c1-16(20-2)8-5-9-18(11-16)15(19)14-10-12-6-3-4-7-13(12)17-14/h12-14,17H,3-11H2,1-2H3. The van der Waals surface area contributed by atoms with Gasteiger partial charge < -0.3 is 15.0 Å². The summed E-state index contributed by atoms with van der Waals surface area (Å²) >= 11 is 0. The summed E-state index contributed by atoms with van der Waals surface area (Å²) in [6.07, 6.45) is 8.37. The van der Waals surface area contributed by atoms with Crippen molar-refractivity contribution in [1.29, 1.82) is 0 Å². The Morgan fingerprint density at radius 3 is 2.85 bits per heavy atom. The van der Waals surface area contributed by atoms with Gasteiger partial charge >= 0.3 is 0 Å². The molecule has 1 saturated carbocycles. The highest BCUT2D eigenvalue weighted by molar-refractivity contribution is 5.82. The number of amides is 1. The number of nitrogens with zero attached hydrogens (tertiary/aromatic N) is 1. The van der Waals surface area contributed by atoms with Crippen molar-refractivity contribution in [2.24, 2.45) is 5.92 Å². The van der Waals surface area contributed by atoms with Gasteiger partial charge in [-0.15, -0.1) is 0 Å². The van der Waals surface area contributed by atoms with Gasteiger partial charge in [-0.05, 0) is 44.9 Å². The molecule has 4 atom stereocenters. The normalized spacial score (nSPS) is 41.5. The molecule has 114 valence electrons. The van der Waals surface area contributed by atoms with E-state index in [4.69, 9.17) is 4.74 Å². The molecule has 20 heavy (non-hydrogen) atoms. The lowest BCUT2D eigenvalue weighted by atomic mass is 9.85. The minimum absolute atomic E-state index is 0.0577. The number of piperidine rings is 1. The third-order valence-corrected chi connectivity index (χ3v) is 5.62. The molecule has 3 rings (SSSR count). The highest BCUT2D eigenvalue weighted by Gasteiger charge is 2.41. The van der Waals surface area contributed by atoms with Crippen LogP contribution in [0.1, 0.15) is 51.9 Å². The molecule has 1 N–H and O–H groups in total. The first-order valence-corrected chi connectivity index (χ1v) is 8.21. The van der Waals surface area contributed by atoms with Gasteiger partial charge in [0.15, 0.2) is 0 Å². The van der Waals surface area contributed by atoms with Crippen molar-refractivity contribution in [3.8, 4) is 0 Å². The molecular formula is C16H28N2O2. The molecule has 3 aliphatic rings. The van der Waals surface area contributed by atoms with Gasteiger partial charge in [0.25, 0.3) is 0 Å². The molecule has 4 heteroatoms. The van der Waals surface area contributed by atoms with Crippen LogP contribution in [0.2, 0.25) is 0 Å². The Morgan fingerprint density at radius 2 is 2.10 bits per heavy atom. The monoisotopic (exact) mass is 280 g/mol. The van der Waals surface area contributed by atoms with Crippen LogP contribution in [-0.4, -0.2) is 48.7 Å². The number of hydrogen-bond donors (Lipinski definition) is 1. The summed E-state index contributed by atoms with van der Waals surface area (Å²) in [5, 5.41) is 3.60. The Kier molecular flexibility index (Phi) is 4.04. The van der Waals surface area contributed by atoms with E-state index in [0.29, 0.717) is 11.9 Å². The summed E-state index contributed by atoms with van der Waals surface area (Å²) in [5.41, 5.74) is -0.153. The van der Waals surface area contributed by atoms with Gasteiger partial charge in [0, 0.05) is 26.2 Å². The molecule has 0 aromatic carbocycles. The van der Waals surface area contributed by atoms with Gasteiger partial charge in [-0.2, -0.15) is 0 Å². The highest BCUT2D eigenvalue weighted by Crippen LogP contribution is 2.34. The Hall–Kier alpha value is -0.610. The molecule has 0 bridgehead atoms. The average Bonchev–Trinajstić information content (AvgIpc) is 2.90. The topological polar surface area (TPSA) is 41.6 Å². The number of likely N-dealkylation sites (tertiary alicyclic amines) is 1. The van der Waals surface area contributed by atoms with E-state index in [9.17, 15) is 4.79 Å². The molecule has 1 aliphatic carbocycles. The van der Waals surface area contributed by atoms with Gasteiger partial charge in [0.2, 0.25) is 5.91 Å². The molecule has 0 aromatic heterocycles. The Morgan fingerprint density at radius 1 is 1.30 bits per heavy atom. The molecule has 0 spiro atoms. The van der Waals surface area contributed by atoms with Crippen LogP contribution in [0, 0.1) is 5.92 Å². The van der Waals surface area contributed by atoms with Gasteiger partial charge in [0.05, 0.1) is 11.6 Å². The summed E-state index contributed by atoms with van der Waals surface area (Å²) in [7, 11) is 1.76. The van der Waals surface area contributed by atoms with Crippen LogP contribution < -0.4 is 5.32 Å². The maximum absolute atomic E-state index is 12.8. The summed E-state index contributed by atoms with van der Waals surface area (Å²) in [5.74, 6) is 1.04. The van der Waals surface area contributed by atoms with Crippen LogP contribution in [-0.2, 0) is 9.53 Å². The van der Waals surface area contributed by atoms with Crippen LogP contribution in [0.5, 0.6) is 0 Å². The third kappa shape index (κ3) is 2.73. The molecule has 2 saturated heterocycles. The number of ether oxygens (including phenoxy) is 1. The summed E-state index contributed by atoms with van der Waals surface area (Å²) in [6, 6.07) is 0.651. The number of nitrogens with one attached hydrogen (secondary N) is 1. The molecule has 4 unspecified atom stereocenters. The molecule has 4 nitrogen and oxygen atoms in total. The van der Waals surface area contributed by atoms with Gasteiger partial charge in [-0.3, -0.25) is 4.79 Å². The zero-order chi connectivity index (χ0) is 14.2. The number of hydrogen-bond acceptors (Lipinski definition) is 3. The Bertz CT molecular complexity index is 359. The summed E-state index contributed by atoms with van der Waals surface area (Å²) in [6.45, 7) is 3.76. The van der Waals surface area contributed by atoms with E-state index in [1.54, 1.807) is 7.11 Å². The van der Waals surface area contributed by atoms with E-state index in [0.717, 1.165) is 38.3 Å². The molecule has 1 amide bonds. The average molecular weight is 280 g/mol. The second-order valence-corrected chi connectivity index (χ2v) is 7.12. The molecule has 2 aliphatic heterocycles. The van der Waals surface area contributed by atoms with Crippen LogP contribution in [0.4, 0.5) is 0 Å². The third-order valence-electron chi connectivity index (χ3n) is 5.62. The van der Waals surface area contributed by atoms with Crippen molar-refractivity contribution < 1.29 is 9.53 Å². The quantitative estimate of drug-likeness (QED) is 0.840. The van der Waals surface area contributed by atoms with Crippen LogP contribution in [0.3, 0.4) is 0 Å². The molecule has 2 heterocycles. The van der Waals surface area contributed by atoms with Crippen LogP contribution in [0.25, 0.3) is 0 Å². The number of fused-ring (bicyclic) bond motifs is 1. The number of carbonyl (C=O) groups is 1. The first-order valence-electron chi connectivity index (χ1n) is 8.21. The van der Waals surface area contributed by atoms with Crippen molar-refractivity contribution in [2.45, 2.75) is 69.6 Å². The Balaban J connectivity index is 1.61. The van der Waals surface area contributed by atoms with Crippen molar-refractivity contribution in [1.82, 2.24) is 10.2 Å². The predicted molar refractivity (Wildman–Crippen MR) is 78.5 cm³/mol. The maximum atomic E-state index is 12.8. The van der Waals surface area contributed by atoms with Crippen LogP contribution in [0.15, 0.2) is 0 Å². The number of carbonyl (C=O) groups excluding carboxylic acids is 1. The van der Waals surface area contributed by atoms with E-state index in [2.05, 4.69) is 12.2 Å². The fraction of sp³-hybridized carbons (Fsp3) is 0.938. The van der Waals surface area contributed by atoms with Crippen molar-refractivity contribution >= 4 is 5.91 Å². The van der Waals surface area contributed by atoms with Gasteiger partial charge in [0.1, 0.15) is 0 Å². The molecular weight excluding hydrogens is 252 g/mol. The first-order chi connectivity index (χ1) is 9.61. The van der Waals surface area contributed by atoms with E-state index < -0.39 is 0 Å². The Labute approximate surface area is 122 Å². The zero-order valence-corrected chi connectivity index (χ0v) is 12.9. The second kappa shape index (κ2) is 5.64. The van der Waals surface area contributed by atoms with Crippen molar-refractivity contribution in [3.63, 3.8) is 0 Å². The SMILES string of the molecule is COC1(C)CCCN(C(=O)C2CC3CCCCC3N2)C1. The summed E-state index contributed by atoms with van der Waals surface area (Å²) in [4.78, 5) is 14.8. The van der Waals surface area contributed by atoms with Crippen molar-refractivity contribution in [2.75, 3.05) is 20.2 Å². The smallest absolute Gasteiger partial charge is 0.239 e. The van der Waals surface area contributed by atoms with E-state index >= 15 is 0 Å². The second-order valence-electron chi connectivity index (χ2n) is 7.12. The number of rotatable bonds is 2. The fourth-order valence-electron chi connectivity index (χ4n) is 4.29. The summed E-state index contributed by atoms with van der Waals surface area (Å²) < 4.78 is 5.60.